The van der Waals surface area contributed by atoms with Crippen molar-refractivity contribution in [3.63, 3.8) is 0 Å². The molecule has 3 aromatic rings. The summed E-state index contributed by atoms with van der Waals surface area (Å²) in [5, 5.41) is 3.11. The van der Waals surface area contributed by atoms with Gasteiger partial charge in [-0.2, -0.15) is 0 Å². The van der Waals surface area contributed by atoms with Gasteiger partial charge in [-0.15, -0.1) is 0 Å². The Morgan fingerprint density at radius 3 is 2.34 bits per heavy atom. The summed E-state index contributed by atoms with van der Waals surface area (Å²) in [6.07, 6.45) is 4.48. The number of benzene rings is 2. The molecule has 6 nitrogen and oxygen atoms in total. The Labute approximate surface area is 242 Å². The minimum absolute atomic E-state index is 0.0552. The van der Waals surface area contributed by atoms with Gasteiger partial charge in [0.1, 0.15) is 17.6 Å². The predicted octanol–water partition coefficient (Wildman–Crippen LogP) is 5.94. The van der Waals surface area contributed by atoms with Crippen LogP contribution in [0.1, 0.15) is 74.4 Å². The lowest BCUT2D eigenvalue weighted by Gasteiger charge is -2.30. The molecule has 1 saturated heterocycles. The van der Waals surface area contributed by atoms with Crippen LogP contribution in [0.25, 0.3) is 11.1 Å². The lowest BCUT2D eigenvalue weighted by Crippen LogP contribution is -2.40. The van der Waals surface area contributed by atoms with Gasteiger partial charge < -0.3 is 14.8 Å². The van der Waals surface area contributed by atoms with Crippen molar-refractivity contribution in [3.8, 4) is 11.1 Å². The molecule has 2 atom stereocenters. The monoisotopic (exact) mass is 559 g/mol. The van der Waals surface area contributed by atoms with Crippen LogP contribution in [0.15, 0.2) is 59.5 Å². The summed E-state index contributed by atoms with van der Waals surface area (Å²) in [5.74, 6) is -0.453. The zero-order valence-electron chi connectivity index (χ0n) is 24.9. The van der Waals surface area contributed by atoms with Gasteiger partial charge in [0.2, 0.25) is 5.91 Å². The van der Waals surface area contributed by atoms with Gasteiger partial charge in [0.05, 0.1) is 6.04 Å². The van der Waals surface area contributed by atoms with Gasteiger partial charge in [-0.1, -0.05) is 38.1 Å². The molecule has 1 aliphatic rings. The molecule has 1 amide bonds. The average Bonchev–Trinajstić information content (AvgIpc) is 2.86. The predicted molar refractivity (Wildman–Crippen MR) is 161 cm³/mol. The molecule has 41 heavy (non-hydrogen) atoms. The van der Waals surface area contributed by atoms with Gasteiger partial charge in [-0.25, -0.2) is 4.39 Å². The summed E-state index contributed by atoms with van der Waals surface area (Å²) in [6.45, 7) is 12.5. The Morgan fingerprint density at radius 2 is 1.73 bits per heavy atom. The molecule has 7 heteroatoms. The smallest absolute Gasteiger partial charge is 0.251 e. The van der Waals surface area contributed by atoms with Crippen molar-refractivity contribution in [2.75, 3.05) is 19.6 Å². The minimum atomic E-state index is -0.703. The van der Waals surface area contributed by atoms with Gasteiger partial charge in [0.25, 0.3) is 5.56 Å². The number of Topliss-reactive ketones (excluding diaryl/α,β-unsaturated/α-hetero) is 1. The third kappa shape index (κ3) is 7.79. The number of rotatable bonds is 12. The maximum atomic E-state index is 14.0. The van der Waals surface area contributed by atoms with E-state index in [-0.39, 0.29) is 35.4 Å². The molecular weight excluding hydrogens is 517 g/mol. The average molecular weight is 560 g/mol. The normalized spacial score (nSPS) is 14.9. The fourth-order valence-corrected chi connectivity index (χ4v) is 5.71. The molecule has 2 heterocycles. The van der Waals surface area contributed by atoms with Crippen LogP contribution in [0.4, 0.5) is 4.39 Å². The number of carbonyl (C=O) groups is 2. The second kappa shape index (κ2) is 13.4. The van der Waals surface area contributed by atoms with Gasteiger partial charge in [-0.05, 0) is 111 Å². The molecule has 2 aromatic carbocycles. The Balaban J connectivity index is 1.64. The highest BCUT2D eigenvalue weighted by atomic mass is 19.1. The first kappa shape index (κ1) is 30.4. The van der Waals surface area contributed by atoms with E-state index >= 15 is 0 Å². The standard InChI is InChI=1S/C34H42FN3O3/c1-22(2)16-31(38-21-26(10-11-32(38)40)12-15-37-13-7-14-37)34(41)36-30(19-25(5)39)27-8-6-9-28(20-27)33-23(3)17-29(35)18-24(33)4/h6,8-11,17-18,20-22,30-31H,7,12-16,19H2,1-5H3,(H,36,41)/t30-,31?/m0/s1. The third-order valence-corrected chi connectivity index (χ3v) is 7.88. The lowest BCUT2D eigenvalue weighted by atomic mass is 9.92. The Morgan fingerprint density at radius 1 is 1.02 bits per heavy atom. The van der Waals surface area contributed by atoms with E-state index in [4.69, 9.17) is 0 Å². The highest BCUT2D eigenvalue weighted by Crippen LogP contribution is 2.31. The molecule has 0 bridgehead atoms. The summed E-state index contributed by atoms with van der Waals surface area (Å²) in [7, 11) is 0. The summed E-state index contributed by atoms with van der Waals surface area (Å²) >= 11 is 0. The van der Waals surface area contributed by atoms with Gasteiger partial charge in [-0.3, -0.25) is 14.4 Å². The number of aryl methyl sites for hydroxylation is 2. The van der Waals surface area contributed by atoms with Crippen molar-refractivity contribution in [2.45, 2.75) is 72.4 Å². The summed E-state index contributed by atoms with van der Waals surface area (Å²) < 4.78 is 15.5. The first-order valence-electron chi connectivity index (χ1n) is 14.6. The van der Waals surface area contributed by atoms with Crippen LogP contribution in [0.3, 0.4) is 0 Å². The van der Waals surface area contributed by atoms with E-state index in [1.165, 1.54) is 25.5 Å². The van der Waals surface area contributed by atoms with E-state index in [9.17, 15) is 18.8 Å². The maximum Gasteiger partial charge on any atom is 0.251 e. The number of hydrogen-bond donors (Lipinski definition) is 1. The molecule has 0 aliphatic carbocycles. The Kier molecular flexibility index (Phi) is 9.92. The van der Waals surface area contributed by atoms with Gasteiger partial charge in [0, 0.05) is 25.2 Å². The SMILES string of the molecule is CC(=O)C[C@H](NC(=O)C(CC(C)C)n1cc(CCN2CCC2)ccc1=O)c1cccc(-c2c(C)cc(F)cc2C)c1. The largest absolute Gasteiger partial charge is 0.347 e. The molecule has 4 rings (SSSR count). The topological polar surface area (TPSA) is 71.4 Å². The fraction of sp³-hybridized carbons (Fsp3) is 0.441. The molecule has 0 radical (unpaired) electrons. The number of likely N-dealkylation sites (tertiary alicyclic amines) is 1. The number of amides is 1. The molecule has 1 fully saturated rings. The van der Waals surface area contributed by atoms with E-state index in [2.05, 4.69) is 10.2 Å². The number of nitrogens with one attached hydrogen (secondary N) is 1. The second-order valence-corrected chi connectivity index (χ2v) is 11.9. The van der Waals surface area contributed by atoms with E-state index in [0.29, 0.717) is 6.42 Å². The summed E-state index contributed by atoms with van der Waals surface area (Å²) in [6, 6.07) is 12.9. The van der Waals surface area contributed by atoms with Crippen molar-refractivity contribution in [1.82, 2.24) is 14.8 Å². The van der Waals surface area contributed by atoms with Crippen molar-refractivity contribution in [1.29, 1.82) is 0 Å². The van der Waals surface area contributed by atoms with Crippen LogP contribution >= 0.6 is 0 Å². The van der Waals surface area contributed by atoms with E-state index in [0.717, 1.165) is 59.4 Å². The maximum absolute atomic E-state index is 14.0. The van der Waals surface area contributed by atoms with E-state index < -0.39 is 12.1 Å². The van der Waals surface area contributed by atoms with Crippen molar-refractivity contribution < 1.29 is 14.0 Å². The number of ketones is 1. The van der Waals surface area contributed by atoms with Crippen LogP contribution in [0, 0.1) is 25.6 Å². The number of aromatic nitrogens is 1. The Bertz CT molecular complexity index is 1430. The minimum Gasteiger partial charge on any atom is -0.347 e. The van der Waals surface area contributed by atoms with Crippen LogP contribution in [-0.2, 0) is 16.0 Å². The van der Waals surface area contributed by atoms with Crippen LogP contribution in [0.2, 0.25) is 0 Å². The first-order chi connectivity index (χ1) is 19.5. The van der Waals surface area contributed by atoms with Gasteiger partial charge in [0.15, 0.2) is 0 Å². The third-order valence-electron chi connectivity index (χ3n) is 7.88. The first-order valence-corrected chi connectivity index (χ1v) is 14.6. The van der Waals surface area contributed by atoms with Crippen molar-refractivity contribution in [3.05, 3.63) is 93.2 Å². The van der Waals surface area contributed by atoms with Crippen LogP contribution in [0.5, 0.6) is 0 Å². The van der Waals surface area contributed by atoms with Crippen molar-refractivity contribution >= 4 is 11.7 Å². The highest BCUT2D eigenvalue weighted by Gasteiger charge is 2.27. The molecule has 0 spiro atoms. The number of nitrogens with zero attached hydrogens (tertiary/aromatic N) is 2. The summed E-state index contributed by atoms with van der Waals surface area (Å²) in [5.41, 5.74) is 5.05. The molecule has 1 aliphatic heterocycles. The molecule has 218 valence electrons. The van der Waals surface area contributed by atoms with Crippen LogP contribution < -0.4 is 10.9 Å². The fourth-order valence-electron chi connectivity index (χ4n) is 5.71. The number of carbonyl (C=O) groups excluding carboxylic acids is 2. The number of halogens is 1. The molecule has 0 saturated carbocycles. The highest BCUT2D eigenvalue weighted by molar-refractivity contribution is 5.83. The number of hydrogen-bond acceptors (Lipinski definition) is 4. The molecular formula is C34H42FN3O3. The van der Waals surface area contributed by atoms with E-state index in [1.54, 1.807) is 10.6 Å². The molecule has 1 N–H and O–H groups in total. The lowest BCUT2D eigenvalue weighted by molar-refractivity contribution is -0.126. The summed E-state index contributed by atoms with van der Waals surface area (Å²) in [4.78, 5) is 41.6. The Hall–Kier alpha value is -3.58. The van der Waals surface area contributed by atoms with Crippen LogP contribution in [-0.4, -0.2) is 40.8 Å². The quantitative estimate of drug-likeness (QED) is 0.298. The molecule has 1 unspecified atom stereocenters. The van der Waals surface area contributed by atoms with Crippen molar-refractivity contribution in [2.24, 2.45) is 5.92 Å². The number of pyridine rings is 1. The zero-order chi connectivity index (χ0) is 29.7. The zero-order valence-corrected chi connectivity index (χ0v) is 24.9. The second-order valence-electron chi connectivity index (χ2n) is 11.9. The van der Waals surface area contributed by atoms with Gasteiger partial charge >= 0.3 is 0 Å². The van der Waals surface area contributed by atoms with E-state index in [1.807, 2.05) is 64.2 Å². The molecule has 1 aromatic heterocycles.